The SMILES string of the molecule is Cc1cccc(N(C)C(=O)N2CCC(C)(C(=O)O)CC2)c1. The van der Waals surface area contributed by atoms with Crippen molar-refractivity contribution in [3.63, 3.8) is 0 Å². The van der Waals surface area contributed by atoms with Crippen molar-refractivity contribution < 1.29 is 14.7 Å². The van der Waals surface area contributed by atoms with Crippen LogP contribution in [0.4, 0.5) is 10.5 Å². The minimum atomic E-state index is -0.776. The summed E-state index contributed by atoms with van der Waals surface area (Å²) in [5.74, 6) is -0.776. The number of carbonyl (C=O) groups excluding carboxylic acids is 1. The van der Waals surface area contributed by atoms with Gasteiger partial charge in [0.2, 0.25) is 0 Å². The Morgan fingerprint density at radius 2 is 1.90 bits per heavy atom. The number of piperidine rings is 1. The van der Waals surface area contributed by atoms with Gasteiger partial charge < -0.3 is 10.0 Å². The summed E-state index contributed by atoms with van der Waals surface area (Å²) in [6, 6.07) is 7.69. The van der Waals surface area contributed by atoms with Crippen molar-refractivity contribution in [1.29, 1.82) is 0 Å². The summed E-state index contributed by atoms with van der Waals surface area (Å²) in [6.45, 7) is 4.71. The molecule has 0 atom stereocenters. The number of hydrogen-bond donors (Lipinski definition) is 1. The molecule has 1 saturated heterocycles. The third kappa shape index (κ3) is 3.17. The van der Waals surface area contributed by atoms with Gasteiger partial charge in [-0.3, -0.25) is 9.69 Å². The van der Waals surface area contributed by atoms with E-state index in [9.17, 15) is 14.7 Å². The molecule has 0 aromatic heterocycles. The third-order valence-electron chi connectivity index (χ3n) is 4.33. The standard InChI is InChI=1S/C16H22N2O3/c1-12-5-4-6-13(11-12)17(3)15(21)18-9-7-16(2,8-10-18)14(19)20/h4-6,11H,7-10H2,1-3H3,(H,19,20). The molecule has 0 saturated carbocycles. The molecule has 5 heteroatoms. The Hall–Kier alpha value is -2.04. The monoisotopic (exact) mass is 290 g/mol. The van der Waals surface area contributed by atoms with Crippen LogP contribution in [0.5, 0.6) is 0 Å². The van der Waals surface area contributed by atoms with Gasteiger partial charge in [0.15, 0.2) is 0 Å². The number of likely N-dealkylation sites (tertiary alicyclic amines) is 1. The molecule has 1 N–H and O–H groups in total. The van der Waals surface area contributed by atoms with Crippen LogP contribution in [0.15, 0.2) is 24.3 Å². The smallest absolute Gasteiger partial charge is 0.324 e. The molecule has 0 radical (unpaired) electrons. The van der Waals surface area contributed by atoms with Crippen molar-refractivity contribution in [3.8, 4) is 0 Å². The van der Waals surface area contributed by atoms with Crippen molar-refractivity contribution in [2.24, 2.45) is 5.41 Å². The highest BCUT2D eigenvalue weighted by Gasteiger charge is 2.38. The van der Waals surface area contributed by atoms with Gasteiger partial charge in [0.05, 0.1) is 5.41 Å². The minimum absolute atomic E-state index is 0.0759. The van der Waals surface area contributed by atoms with E-state index in [-0.39, 0.29) is 6.03 Å². The second kappa shape index (κ2) is 5.76. The number of amides is 2. The molecule has 0 aliphatic carbocycles. The van der Waals surface area contributed by atoms with Crippen LogP contribution in [-0.4, -0.2) is 42.1 Å². The minimum Gasteiger partial charge on any atom is -0.481 e. The van der Waals surface area contributed by atoms with Crippen LogP contribution >= 0.6 is 0 Å². The molecule has 5 nitrogen and oxygen atoms in total. The summed E-state index contributed by atoms with van der Waals surface area (Å²) in [6.07, 6.45) is 0.992. The molecule has 0 spiro atoms. The number of urea groups is 1. The number of rotatable bonds is 2. The number of benzene rings is 1. The van der Waals surface area contributed by atoms with Gasteiger partial charge in [0.25, 0.3) is 0 Å². The first kappa shape index (κ1) is 15.4. The van der Waals surface area contributed by atoms with Gasteiger partial charge in [-0.2, -0.15) is 0 Å². The average molecular weight is 290 g/mol. The number of carbonyl (C=O) groups is 2. The molecule has 1 aliphatic rings. The van der Waals surface area contributed by atoms with Gasteiger partial charge in [-0.25, -0.2) is 4.79 Å². The lowest BCUT2D eigenvalue weighted by atomic mass is 9.80. The Balaban J connectivity index is 2.03. The zero-order chi connectivity index (χ0) is 15.6. The summed E-state index contributed by atoms with van der Waals surface area (Å²) in [5, 5.41) is 9.23. The van der Waals surface area contributed by atoms with Gasteiger partial charge >= 0.3 is 12.0 Å². The van der Waals surface area contributed by atoms with Gasteiger partial charge in [0.1, 0.15) is 0 Å². The highest BCUT2D eigenvalue weighted by Crippen LogP contribution is 2.31. The molecule has 21 heavy (non-hydrogen) atoms. The fourth-order valence-corrected chi connectivity index (χ4v) is 2.56. The second-order valence-corrected chi connectivity index (χ2v) is 6.03. The molecule has 114 valence electrons. The van der Waals surface area contributed by atoms with E-state index < -0.39 is 11.4 Å². The first-order valence-corrected chi connectivity index (χ1v) is 7.16. The fourth-order valence-electron chi connectivity index (χ4n) is 2.56. The lowest BCUT2D eigenvalue weighted by molar-refractivity contribution is -0.150. The van der Waals surface area contributed by atoms with E-state index >= 15 is 0 Å². The summed E-state index contributed by atoms with van der Waals surface area (Å²) >= 11 is 0. The Bertz CT molecular complexity index is 548. The quantitative estimate of drug-likeness (QED) is 0.911. The van der Waals surface area contributed by atoms with E-state index in [0.29, 0.717) is 25.9 Å². The van der Waals surface area contributed by atoms with E-state index in [0.717, 1.165) is 11.3 Å². The number of nitrogens with zero attached hydrogens (tertiary/aromatic N) is 2. The van der Waals surface area contributed by atoms with Gasteiger partial charge in [0, 0.05) is 25.8 Å². The molecular formula is C16H22N2O3. The van der Waals surface area contributed by atoms with Crippen molar-refractivity contribution >= 4 is 17.7 Å². The fraction of sp³-hybridized carbons (Fsp3) is 0.500. The molecule has 2 amide bonds. The highest BCUT2D eigenvalue weighted by atomic mass is 16.4. The Morgan fingerprint density at radius 1 is 1.29 bits per heavy atom. The topological polar surface area (TPSA) is 60.9 Å². The third-order valence-corrected chi connectivity index (χ3v) is 4.33. The van der Waals surface area contributed by atoms with Crippen molar-refractivity contribution in [1.82, 2.24) is 4.90 Å². The summed E-state index contributed by atoms with van der Waals surface area (Å²) < 4.78 is 0. The maximum Gasteiger partial charge on any atom is 0.324 e. The average Bonchev–Trinajstić information content (AvgIpc) is 2.46. The normalized spacial score (nSPS) is 17.4. The molecule has 1 aliphatic heterocycles. The first-order valence-electron chi connectivity index (χ1n) is 7.16. The number of hydrogen-bond acceptors (Lipinski definition) is 2. The lowest BCUT2D eigenvalue weighted by Gasteiger charge is -2.38. The number of aliphatic carboxylic acids is 1. The first-order chi connectivity index (χ1) is 9.83. The maximum absolute atomic E-state index is 12.5. The van der Waals surface area contributed by atoms with Gasteiger partial charge in [-0.05, 0) is 44.4 Å². The van der Waals surface area contributed by atoms with Crippen LogP contribution in [0.3, 0.4) is 0 Å². The number of carboxylic acids is 1. The van der Waals surface area contributed by atoms with Crippen LogP contribution < -0.4 is 4.90 Å². The molecule has 1 heterocycles. The number of carboxylic acid groups (broad SMARTS) is 1. The zero-order valence-electron chi connectivity index (χ0n) is 12.8. The van der Waals surface area contributed by atoms with E-state index in [1.54, 1.807) is 23.8 Å². The van der Waals surface area contributed by atoms with E-state index in [1.807, 2.05) is 31.2 Å². The van der Waals surface area contributed by atoms with Gasteiger partial charge in [-0.15, -0.1) is 0 Å². The lowest BCUT2D eigenvalue weighted by Crippen LogP contribution is -2.49. The largest absolute Gasteiger partial charge is 0.481 e. The highest BCUT2D eigenvalue weighted by molar-refractivity contribution is 5.91. The predicted molar refractivity (Wildman–Crippen MR) is 81.5 cm³/mol. The van der Waals surface area contributed by atoms with Crippen LogP contribution in [0.2, 0.25) is 0 Å². The Kier molecular flexibility index (Phi) is 4.21. The molecule has 0 unspecified atom stereocenters. The van der Waals surface area contributed by atoms with Crippen molar-refractivity contribution in [2.75, 3.05) is 25.0 Å². The zero-order valence-corrected chi connectivity index (χ0v) is 12.8. The van der Waals surface area contributed by atoms with E-state index in [1.165, 1.54) is 0 Å². The van der Waals surface area contributed by atoms with Crippen LogP contribution in [-0.2, 0) is 4.79 Å². The van der Waals surface area contributed by atoms with Crippen LogP contribution in [0.25, 0.3) is 0 Å². The predicted octanol–water partition coefficient (Wildman–Crippen LogP) is 2.74. The molecule has 1 aromatic carbocycles. The van der Waals surface area contributed by atoms with E-state index in [2.05, 4.69) is 0 Å². The summed E-state index contributed by atoms with van der Waals surface area (Å²) in [4.78, 5) is 27.1. The Morgan fingerprint density at radius 3 is 2.43 bits per heavy atom. The van der Waals surface area contributed by atoms with E-state index in [4.69, 9.17) is 0 Å². The Labute approximate surface area is 125 Å². The summed E-state index contributed by atoms with van der Waals surface area (Å²) in [5.41, 5.74) is 1.24. The van der Waals surface area contributed by atoms with Crippen LogP contribution in [0.1, 0.15) is 25.3 Å². The van der Waals surface area contributed by atoms with Gasteiger partial charge in [-0.1, -0.05) is 12.1 Å². The molecule has 2 rings (SSSR count). The summed E-state index contributed by atoms with van der Waals surface area (Å²) in [7, 11) is 1.75. The second-order valence-electron chi connectivity index (χ2n) is 6.03. The van der Waals surface area contributed by atoms with Crippen molar-refractivity contribution in [2.45, 2.75) is 26.7 Å². The molecule has 1 fully saturated rings. The molecule has 1 aromatic rings. The molecular weight excluding hydrogens is 268 g/mol. The van der Waals surface area contributed by atoms with Crippen LogP contribution in [0, 0.1) is 12.3 Å². The van der Waals surface area contributed by atoms with Crippen molar-refractivity contribution in [3.05, 3.63) is 29.8 Å². The molecule has 0 bridgehead atoms. The number of aryl methyl sites for hydroxylation is 1. The number of anilines is 1. The maximum atomic E-state index is 12.5.